The Morgan fingerprint density at radius 3 is 2.30 bits per heavy atom. The van der Waals surface area contributed by atoms with Crippen LogP contribution < -0.4 is 5.73 Å². The Balaban J connectivity index is 2.81. The highest BCUT2D eigenvalue weighted by atomic mass is 16.2. The highest BCUT2D eigenvalue weighted by Crippen LogP contribution is 2.14. The molecular weight excluding hydrogens is 248 g/mol. The van der Waals surface area contributed by atoms with Gasteiger partial charge in [-0.3, -0.25) is 4.79 Å². The quantitative estimate of drug-likeness (QED) is 0.831. The Labute approximate surface area is 123 Å². The van der Waals surface area contributed by atoms with Crippen LogP contribution in [0.1, 0.15) is 46.1 Å². The summed E-state index contributed by atoms with van der Waals surface area (Å²) in [6.45, 7) is 9.02. The number of benzene rings is 1. The molecule has 0 bridgehead atoms. The van der Waals surface area contributed by atoms with Crippen molar-refractivity contribution in [2.24, 2.45) is 11.7 Å². The molecule has 0 saturated heterocycles. The molecule has 0 aliphatic heterocycles. The number of hydrogen-bond donors (Lipinski definition) is 1. The Kier molecular flexibility index (Phi) is 6.73. The molecule has 112 valence electrons. The molecule has 3 nitrogen and oxygen atoms in total. The van der Waals surface area contributed by atoms with Gasteiger partial charge in [0.05, 0.1) is 6.04 Å². The van der Waals surface area contributed by atoms with Gasteiger partial charge in [0.2, 0.25) is 5.91 Å². The van der Waals surface area contributed by atoms with Crippen molar-refractivity contribution in [2.45, 2.75) is 59.2 Å². The molecule has 0 saturated carbocycles. The average Bonchev–Trinajstić information content (AvgIpc) is 2.43. The van der Waals surface area contributed by atoms with E-state index in [1.807, 2.05) is 23.1 Å². The van der Waals surface area contributed by atoms with Crippen molar-refractivity contribution in [3.63, 3.8) is 0 Å². The third kappa shape index (κ3) is 4.97. The van der Waals surface area contributed by atoms with Gasteiger partial charge < -0.3 is 10.6 Å². The second-order valence-corrected chi connectivity index (χ2v) is 5.95. The van der Waals surface area contributed by atoms with Crippen LogP contribution in [0.4, 0.5) is 0 Å². The number of nitrogens with zero attached hydrogens (tertiary/aromatic N) is 1. The van der Waals surface area contributed by atoms with Gasteiger partial charge in [0.1, 0.15) is 0 Å². The standard InChI is InChI=1S/C17H28N2O/c1-5-14(4)19(12-15-9-7-6-8-10-15)17(20)16(18)11-13(2)3/h6-10,13-14,16H,5,11-12,18H2,1-4H3/t14?,16-/m0/s1. The number of carbonyl (C=O) groups excluding carboxylic acids is 1. The van der Waals surface area contributed by atoms with Crippen LogP contribution >= 0.6 is 0 Å². The molecule has 1 rings (SSSR count). The normalized spacial score (nSPS) is 14.1. The van der Waals surface area contributed by atoms with E-state index in [9.17, 15) is 4.79 Å². The van der Waals surface area contributed by atoms with Crippen molar-refractivity contribution in [1.29, 1.82) is 0 Å². The van der Waals surface area contributed by atoms with Gasteiger partial charge in [-0.2, -0.15) is 0 Å². The van der Waals surface area contributed by atoms with Gasteiger partial charge in [-0.25, -0.2) is 0 Å². The third-order valence-electron chi connectivity index (χ3n) is 3.64. The Morgan fingerprint density at radius 2 is 1.80 bits per heavy atom. The Hall–Kier alpha value is -1.35. The fraction of sp³-hybridized carbons (Fsp3) is 0.588. The maximum absolute atomic E-state index is 12.6. The first-order valence-corrected chi connectivity index (χ1v) is 7.55. The molecular formula is C17H28N2O. The minimum absolute atomic E-state index is 0.0666. The molecule has 0 aliphatic carbocycles. The fourth-order valence-corrected chi connectivity index (χ4v) is 2.27. The van der Waals surface area contributed by atoms with Gasteiger partial charge in [0.15, 0.2) is 0 Å². The first kappa shape index (κ1) is 16.7. The topological polar surface area (TPSA) is 46.3 Å². The van der Waals surface area contributed by atoms with Crippen LogP contribution in [0.3, 0.4) is 0 Å². The summed E-state index contributed by atoms with van der Waals surface area (Å²) < 4.78 is 0. The van der Waals surface area contributed by atoms with Gasteiger partial charge in [-0.1, -0.05) is 51.1 Å². The van der Waals surface area contributed by atoms with Gasteiger partial charge in [0, 0.05) is 12.6 Å². The van der Waals surface area contributed by atoms with E-state index in [2.05, 4.69) is 39.8 Å². The zero-order valence-electron chi connectivity index (χ0n) is 13.2. The van der Waals surface area contributed by atoms with Gasteiger partial charge >= 0.3 is 0 Å². The largest absolute Gasteiger partial charge is 0.334 e. The molecule has 1 unspecified atom stereocenters. The van der Waals surface area contributed by atoms with E-state index in [1.165, 1.54) is 0 Å². The fourth-order valence-electron chi connectivity index (χ4n) is 2.27. The summed E-state index contributed by atoms with van der Waals surface area (Å²) in [7, 11) is 0. The lowest BCUT2D eigenvalue weighted by Gasteiger charge is -2.31. The molecule has 0 fully saturated rings. The van der Waals surface area contributed by atoms with Crippen molar-refractivity contribution in [3.8, 4) is 0 Å². The van der Waals surface area contributed by atoms with Crippen molar-refractivity contribution in [2.75, 3.05) is 0 Å². The molecule has 20 heavy (non-hydrogen) atoms. The van der Waals surface area contributed by atoms with E-state index in [-0.39, 0.29) is 11.9 Å². The molecule has 0 aromatic heterocycles. The van der Waals surface area contributed by atoms with Crippen LogP contribution in [0.15, 0.2) is 30.3 Å². The first-order valence-electron chi connectivity index (χ1n) is 7.55. The molecule has 1 aromatic carbocycles. The highest BCUT2D eigenvalue weighted by molar-refractivity contribution is 5.81. The van der Waals surface area contributed by atoms with E-state index in [0.29, 0.717) is 12.5 Å². The minimum Gasteiger partial charge on any atom is -0.334 e. The molecule has 0 heterocycles. The van der Waals surface area contributed by atoms with Crippen molar-refractivity contribution in [3.05, 3.63) is 35.9 Å². The summed E-state index contributed by atoms with van der Waals surface area (Å²) in [6, 6.07) is 9.91. The summed E-state index contributed by atoms with van der Waals surface area (Å²) >= 11 is 0. The number of rotatable bonds is 7. The van der Waals surface area contributed by atoms with Gasteiger partial charge in [0.25, 0.3) is 0 Å². The highest BCUT2D eigenvalue weighted by Gasteiger charge is 2.25. The monoisotopic (exact) mass is 276 g/mol. The number of nitrogens with two attached hydrogens (primary N) is 1. The Bertz CT molecular complexity index is 403. The summed E-state index contributed by atoms with van der Waals surface area (Å²) in [5, 5.41) is 0. The Morgan fingerprint density at radius 1 is 1.20 bits per heavy atom. The molecule has 0 aliphatic rings. The maximum Gasteiger partial charge on any atom is 0.240 e. The smallest absolute Gasteiger partial charge is 0.240 e. The van der Waals surface area contributed by atoms with E-state index >= 15 is 0 Å². The minimum atomic E-state index is -0.396. The second-order valence-electron chi connectivity index (χ2n) is 5.95. The zero-order chi connectivity index (χ0) is 15.1. The van der Waals surface area contributed by atoms with Crippen LogP contribution in [-0.2, 0) is 11.3 Å². The van der Waals surface area contributed by atoms with Gasteiger partial charge in [-0.05, 0) is 31.2 Å². The number of carbonyl (C=O) groups is 1. The predicted octanol–water partition coefficient (Wildman–Crippen LogP) is 3.19. The lowest BCUT2D eigenvalue weighted by atomic mass is 10.0. The van der Waals surface area contributed by atoms with E-state index in [0.717, 1.165) is 18.4 Å². The zero-order valence-corrected chi connectivity index (χ0v) is 13.2. The van der Waals surface area contributed by atoms with Crippen LogP contribution in [0.2, 0.25) is 0 Å². The SMILES string of the molecule is CCC(C)N(Cc1ccccc1)C(=O)[C@@H](N)CC(C)C. The van der Waals surface area contributed by atoms with Gasteiger partial charge in [-0.15, -0.1) is 0 Å². The lowest BCUT2D eigenvalue weighted by molar-refractivity contribution is -0.135. The summed E-state index contributed by atoms with van der Waals surface area (Å²) in [5.74, 6) is 0.501. The van der Waals surface area contributed by atoms with Crippen molar-refractivity contribution >= 4 is 5.91 Å². The molecule has 3 heteroatoms. The summed E-state index contributed by atoms with van der Waals surface area (Å²) in [5.41, 5.74) is 7.22. The molecule has 1 aromatic rings. The van der Waals surface area contributed by atoms with Crippen LogP contribution in [-0.4, -0.2) is 22.9 Å². The predicted molar refractivity (Wildman–Crippen MR) is 84.2 cm³/mol. The average molecular weight is 276 g/mol. The van der Waals surface area contributed by atoms with Crippen LogP contribution in [0, 0.1) is 5.92 Å². The summed E-state index contributed by atoms with van der Waals surface area (Å²) in [4.78, 5) is 14.5. The van der Waals surface area contributed by atoms with Crippen LogP contribution in [0.25, 0.3) is 0 Å². The molecule has 0 spiro atoms. The third-order valence-corrected chi connectivity index (χ3v) is 3.64. The van der Waals surface area contributed by atoms with Crippen LogP contribution in [0.5, 0.6) is 0 Å². The molecule has 0 radical (unpaired) electrons. The number of amides is 1. The first-order chi connectivity index (χ1) is 9.45. The van der Waals surface area contributed by atoms with E-state index < -0.39 is 6.04 Å². The maximum atomic E-state index is 12.6. The number of hydrogen-bond acceptors (Lipinski definition) is 2. The molecule has 1 amide bonds. The summed E-state index contributed by atoms with van der Waals surface area (Å²) in [6.07, 6.45) is 1.67. The van der Waals surface area contributed by atoms with Crippen molar-refractivity contribution in [1.82, 2.24) is 4.90 Å². The molecule has 2 N–H and O–H groups in total. The lowest BCUT2D eigenvalue weighted by Crippen LogP contribution is -2.47. The van der Waals surface area contributed by atoms with E-state index in [4.69, 9.17) is 5.73 Å². The molecule has 2 atom stereocenters. The van der Waals surface area contributed by atoms with E-state index in [1.54, 1.807) is 0 Å². The second kappa shape index (κ2) is 8.05. The van der Waals surface area contributed by atoms with Crippen molar-refractivity contribution < 1.29 is 4.79 Å².